The third-order valence-electron chi connectivity index (χ3n) is 5.08. The van der Waals surface area contributed by atoms with Crippen molar-refractivity contribution in [1.29, 1.82) is 0 Å². The number of aryl methyl sites for hydroxylation is 1. The highest BCUT2D eigenvalue weighted by atomic mass is 32.2. The van der Waals surface area contributed by atoms with E-state index in [2.05, 4.69) is 20.8 Å². The minimum absolute atomic E-state index is 0.0687. The van der Waals surface area contributed by atoms with Crippen LogP contribution in [0.2, 0.25) is 0 Å². The van der Waals surface area contributed by atoms with Gasteiger partial charge in [0.1, 0.15) is 0 Å². The molecule has 3 aromatic carbocycles. The van der Waals surface area contributed by atoms with Gasteiger partial charge in [0.15, 0.2) is 11.0 Å². The number of rotatable bonds is 7. The van der Waals surface area contributed by atoms with Gasteiger partial charge in [-0.3, -0.25) is 4.57 Å². The molecule has 0 unspecified atom stereocenters. The summed E-state index contributed by atoms with van der Waals surface area (Å²) in [6, 6.07) is 21.5. The van der Waals surface area contributed by atoms with Gasteiger partial charge in [-0.15, -0.1) is 10.2 Å². The number of anilines is 1. The molecule has 0 atom stereocenters. The number of aromatic nitrogens is 3. The Hall–Kier alpha value is -3.79. The first-order chi connectivity index (χ1) is 16.8. The number of nitrogens with zero attached hydrogens (tertiary/aromatic N) is 3. The molecular formula is C25H22F3N5OS. The lowest BCUT2D eigenvalue weighted by molar-refractivity contribution is -0.137. The quantitative estimate of drug-likeness (QED) is 0.298. The Labute approximate surface area is 204 Å². The predicted octanol–water partition coefficient (Wildman–Crippen LogP) is 6.21. The number of benzene rings is 3. The van der Waals surface area contributed by atoms with Crippen LogP contribution in [0.5, 0.6) is 0 Å². The Morgan fingerprint density at radius 1 is 0.943 bits per heavy atom. The summed E-state index contributed by atoms with van der Waals surface area (Å²) in [7, 11) is 0. The first-order valence-corrected chi connectivity index (χ1v) is 11.7. The van der Waals surface area contributed by atoms with Gasteiger partial charge in [-0.1, -0.05) is 59.8 Å². The lowest BCUT2D eigenvalue weighted by atomic mass is 10.2. The Bertz CT molecular complexity index is 1270. The number of thioether (sulfide) groups is 1. The van der Waals surface area contributed by atoms with Crippen molar-refractivity contribution in [3.63, 3.8) is 0 Å². The van der Waals surface area contributed by atoms with Gasteiger partial charge in [-0.25, -0.2) is 4.79 Å². The van der Waals surface area contributed by atoms with Crippen LogP contribution in [0.3, 0.4) is 0 Å². The first kappa shape index (κ1) is 24.3. The average Bonchev–Trinajstić information content (AvgIpc) is 3.25. The minimum atomic E-state index is -4.43. The third-order valence-corrected chi connectivity index (χ3v) is 6.08. The fourth-order valence-corrected chi connectivity index (χ4v) is 4.19. The monoisotopic (exact) mass is 497 g/mol. The topological polar surface area (TPSA) is 71.8 Å². The largest absolute Gasteiger partial charge is 0.416 e. The van der Waals surface area contributed by atoms with E-state index in [1.807, 2.05) is 66.1 Å². The normalized spacial score (nSPS) is 11.3. The van der Waals surface area contributed by atoms with Gasteiger partial charge in [0.25, 0.3) is 0 Å². The van der Waals surface area contributed by atoms with E-state index >= 15 is 0 Å². The molecule has 0 aliphatic rings. The second-order valence-electron chi connectivity index (χ2n) is 7.73. The van der Waals surface area contributed by atoms with Crippen molar-refractivity contribution in [2.24, 2.45) is 0 Å². The van der Waals surface area contributed by atoms with Crippen LogP contribution in [0.25, 0.3) is 5.69 Å². The summed E-state index contributed by atoms with van der Waals surface area (Å²) in [6.07, 6.45) is -4.43. The van der Waals surface area contributed by atoms with Crippen molar-refractivity contribution in [2.75, 3.05) is 5.32 Å². The molecule has 0 aliphatic heterocycles. The van der Waals surface area contributed by atoms with E-state index in [-0.39, 0.29) is 12.2 Å². The molecule has 35 heavy (non-hydrogen) atoms. The number of halogens is 3. The standard InChI is InChI=1S/C25H22F3N5OS/c1-17-7-13-21(14-8-17)33-22(31-32-24(33)35-16-18-5-3-2-4-6-18)15-29-23(34)30-20-11-9-19(10-12-20)25(26,27)28/h2-14H,15-16H2,1H3,(H2,29,30,34). The van der Waals surface area contributed by atoms with Crippen LogP contribution in [-0.2, 0) is 18.5 Å². The first-order valence-electron chi connectivity index (χ1n) is 10.7. The molecule has 1 heterocycles. The van der Waals surface area contributed by atoms with Gasteiger partial charge in [-0.05, 0) is 48.9 Å². The second-order valence-corrected chi connectivity index (χ2v) is 8.67. The maximum absolute atomic E-state index is 12.7. The Morgan fingerprint density at radius 2 is 1.63 bits per heavy atom. The molecule has 2 N–H and O–H groups in total. The SMILES string of the molecule is Cc1ccc(-n2c(CNC(=O)Nc3ccc(C(F)(F)F)cc3)nnc2SCc2ccccc2)cc1. The van der Waals surface area contributed by atoms with Gasteiger partial charge in [0, 0.05) is 17.1 Å². The predicted molar refractivity (Wildman–Crippen MR) is 129 cm³/mol. The maximum Gasteiger partial charge on any atom is 0.416 e. The molecule has 1 aromatic heterocycles. The van der Waals surface area contributed by atoms with E-state index in [4.69, 9.17) is 0 Å². The van der Waals surface area contributed by atoms with Crippen molar-refractivity contribution in [3.05, 3.63) is 101 Å². The van der Waals surface area contributed by atoms with Gasteiger partial charge in [0.2, 0.25) is 0 Å². The van der Waals surface area contributed by atoms with Crippen LogP contribution in [-0.4, -0.2) is 20.8 Å². The van der Waals surface area contributed by atoms with E-state index in [0.29, 0.717) is 16.7 Å². The number of alkyl halides is 3. The molecule has 0 saturated carbocycles. The summed E-state index contributed by atoms with van der Waals surface area (Å²) in [5.41, 5.74) is 2.57. The van der Waals surface area contributed by atoms with E-state index in [1.165, 1.54) is 23.9 Å². The number of urea groups is 1. The molecule has 0 spiro atoms. The second kappa shape index (κ2) is 10.6. The summed E-state index contributed by atoms with van der Waals surface area (Å²) in [4.78, 5) is 12.4. The molecule has 0 bridgehead atoms. The van der Waals surface area contributed by atoms with Crippen LogP contribution >= 0.6 is 11.8 Å². The summed E-state index contributed by atoms with van der Waals surface area (Å²) in [5, 5.41) is 14.5. The van der Waals surface area contributed by atoms with E-state index in [9.17, 15) is 18.0 Å². The van der Waals surface area contributed by atoms with Crippen molar-refractivity contribution in [3.8, 4) is 5.69 Å². The highest BCUT2D eigenvalue weighted by Gasteiger charge is 2.30. The Balaban J connectivity index is 1.47. The number of carbonyl (C=O) groups is 1. The molecule has 0 saturated heterocycles. The number of hydrogen-bond acceptors (Lipinski definition) is 4. The Kier molecular flexibility index (Phi) is 7.40. The smallest absolute Gasteiger partial charge is 0.331 e. The maximum atomic E-state index is 12.7. The summed E-state index contributed by atoms with van der Waals surface area (Å²) >= 11 is 1.53. The van der Waals surface area contributed by atoms with Crippen molar-refractivity contribution in [2.45, 2.75) is 30.6 Å². The number of nitrogens with one attached hydrogen (secondary N) is 2. The highest BCUT2D eigenvalue weighted by Crippen LogP contribution is 2.30. The zero-order chi connectivity index (χ0) is 24.8. The van der Waals surface area contributed by atoms with E-state index < -0.39 is 17.8 Å². The molecule has 0 radical (unpaired) electrons. The van der Waals surface area contributed by atoms with Crippen molar-refractivity contribution in [1.82, 2.24) is 20.1 Å². The van der Waals surface area contributed by atoms with E-state index in [0.717, 1.165) is 28.9 Å². The molecule has 10 heteroatoms. The molecule has 0 fully saturated rings. The van der Waals surface area contributed by atoms with Gasteiger partial charge in [0.05, 0.1) is 12.1 Å². The zero-order valence-corrected chi connectivity index (χ0v) is 19.5. The molecule has 2 amide bonds. The van der Waals surface area contributed by atoms with Crippen LogP contribution in [0.15, 0.2) is 84.0 Å². The van der Waals surface area contributed by atoms with Gasteiger partial charge in [-0.2, -0.15) is 13.2 Å². The number of hydrogen-bond donors (Lipinski definition) is 2. The highest BCUT2D eigenvalue weighted by molar-refractivity contribution is 7.98. The molecule has 180 valence electrons. The summed E-state index contributed by atoms with van der Waals surface area (Å²) in [6.45, 7) is 2.06. The summed E-state index contributed by atoms with van der Waals surface area (Å²) < 4.78 is 40.1. The molecule has 4 aromatic rings. The minimum Gasteiger partial charge on any atom is -0.331 e. The third kappa shape index (κ3) is 6.42. The fraction of sp³-hybridized carbons (Fsp3) is 0.160. The van der Waals surface area contributed by atoms with Crippen LogP contribution < -0.4 is 10.6 Å². The number of amides is 2. The van der Waals surface area contributed by atoms with Gasteiger partial charge >= 0.3 is 12.2 Å². The van der Waals surface area contributed by atoms with Crippen LogP contribution in [0.4, 0.5) is 23.7 Å². The van der Waals surface area contributed by atoms with Crippen molar-refractivity contribution >= 4 is 23.5 Å². The number of carbonyl (C=O) groups excluding carboxylic acids is 1. The average molecular weight is 498 g/mol. The fourth-order valence-electron chi connectivity index (χ4n) is 3.26. The molecule has 6 nitrogen and oxygen atoms in total. The molecule has 0 aliphatic carbocycles. The van der Waals surface area contributed by atoms with Crippen molar-refractivity contribution < 1.29 is 18.0 Å². The lowest BCUT2D eigenvalue weighted by Gasteiger charge is -2.12. The van der Waals surface area contributed by atoms with Crippen LogP contribution in [0, 0.1) is 6.92 Å². The summed E-state index contributed by atoms with van der Waals surface area (Å²) in [5.74, 6) is 1.22. The molecular weight excluding hydrogens is 475 g/mol. The lowest BCUT2D eigenvalue weighted by Crippen LogP contribution is -2.29. The van der Waals surface area contributed by atoms with E-state index in [1.54, 1.807) is 0 Å². The van der Waals surface area contributed by atoms with Crippen LogP contribution in [0.1, 0.15) is 22.5 Å². The Morgan fingerprint density at radius 3 is 2.29 bits per heavy atom. The molecule has 4 rings (SSSR count). The van der Waals surface area contributed by atoms with Gasteiger partial charge < -0.3 is 10.6 Å². The zero-order valence-electron chi connectivity index (χ0n) is 18.7.